The molecule has 1 aromatic carbocycles. The highest BCUT2D eigenvalue weighted by Gasteiger charge is 2.33. The molecule has 0 radical (unpaired) electrons. The normalized spacial score (nSPS) is 18.2. The van der Waals surface area contributed by atoms with Gasteiger partial charge in [0, 0.05) is 17.6 Å². The number of carbonyl (C=O) groups excluding carboxylic acids is 2. The molecule has 0 aromatic heterocycles. The van der Waals surface area contributed by atoms with Crippen LogP contribution in [0.3, 0.4) is 0 Å². The molecule has 21 heavy (non-hydrogen) atoms. The number of carbonyl (C=O) groups is 2. The molecule has 1 saturated heterocycles. The van der Waals surface area contributed by atoms with Gasteiger partial charge in [0.2, 0.25) is 5.91 Å². The summed E-state index contributed by atoms with van der Waals surface area (Å²) >= 11 is 5.81. The van der Waals surface area contributed by atoms with E-state index in [4.69, 9.17) is 16.3 Å². The van der Waals surface area contributed by atoms with Crippen molar-refractivity contribution >= 4 is 29.6 Å². The maximum atomic E-state index is 12.2. The SMILES string of the molecule is CCOC(=O)C1CCCN1C(=O)C=Cc1ccc(Cl)cc1. The summed E-state index contributed by atoms with van der Waals surface area (Å²) in [6.45, 7) is 2.69. The summed E-state index contributed by atoms with van der Waals surface area (Å²) in [5.74, 6) is -0.483. The van der Waals surface area contributed by atoms with Crippen LogP contribution in [0.5, 0.6) is 0 Å². The molecule has 1 fully saturated rings. The van der Waals surface area contributed by atoms with E-state index in [9.17, 15) is 9.59 Å². The second kappa shape index (κ2) is 7.27. The molecule has 0 saturated carbocycles. The highest BCUT2D eigenvalue weighted by Crippen LogP contribution is 2.19. The number of halogens is 1. The van der Waals surface area contributed by atoms with E-state index in [-0.39, 0.29) is 11.9 Å². The van der Waals surface area contributed by atoms with Crippen LogP contribution in [0.15, 0.2) is 30.3 Å². The fourth-order valence-corrected chi connectivity index (χ4v) is 2.48. The van der Waals surface area contributed by atoms with E-state index in [1.165, 1.54) is 6.08 Å². The van der Waals surface area contributed by atoms with Gasteiger partial charge in [-0.25, -0.2) is 4.79 Å². The zero-order valence-electron chi connectivity index (χ0n) is 11.9. The summed E-state index contributed by atoms with van der Waals surface area (Å²) < 4.78 is 5.01. The fourth-order valence-electron chi connectivity index (χ4n) is 2.35. The maximum absolute atomic E-state index is 12.2. The van der Waals surface area contributed by atoms with Crippen LogP contribution in [0.1, 0.15) is 25.3 Å². The average Bonchev–Trinajstić information content (AvgIpc) is 2.96. The molecule has 1 aliphatic rings. The van der Waals surface area contributed by atoms with Gasteiger partial charge in [-0.3, -0.25) is 4.79 Å². The first kappa shape index (κ1) is 15.6. The van der Waals surface area contributed by atoms with Crippen molar-refractivity contribution in [1.82, 2.24) is 4.90 Å². The van der Waals surface area contributed by atoms with E-state index < -0.39 is 6.04 Å². The number of amides is 1. The van der Waals surface area contributed by atoms with Crippen molar-refractivity contribution in [3.8, 4) is 0 Å². The Kier molecular flexibility index (Phi) is 5.39. The molecule has 2 rings (SSSR count). The Balaban J connectivity index is 2.01. The number of benzene rings is 1. The highest BCUT2D eigenvalue weighted by atomic mass is 35.5. The van der Waals surface area contributed by atoms with Crippen LogP contribution in [0.2, 0.25) is 5.02 Å². The molecule has 4 nitrogen and oxygen atoms in total. The zero-order chi connectivity index (χ0) is 15.2. The van der Waals surface area contributed by atoms with Gasteiger partial charge in [-0.05, 0) is 43.5 Å². The van der Waals surface area contributed by atoms with Crippen molar-refractivity contribution < 1.29 is 14.3 Å². The Morgan fingerprint density at radius 3 is 2.76 bits per heavy atom. The molecule has 0 N–H and O–H groups in total. The Morgan fingerprint density at radius 2 is 2.10 bits per heavy atom. The van der Waals surface area contributed by atoms with Crippen LogP contribution in [-0.4, -0.2) is 36.0 Å². The Morgan fingerprint density at radius 1 is 1.38 bits per heavy atom. The number of ether oxygens (including phenoxy) is 1. The standard InChI is InChI=1S/C16H18ClNO3/c1-2-21-16(20)14-4-3-11-18(14)15(19)10-7-12-5-8-13(17)9-6-12/h5-10,14H,2-4,11H2,1H3. The number of hydrogen-bond acceptors (Lipinski definition) is 3. The molecule has 0 spiro atoms. The van der Waals surface area contributed by atoms with Crippen LogP contribution in [0, 0.1) is 0 Å². The zero-order valence-corrected chi connectivity index (χ0v) is 12.7. The smallest absolute Gasteiger partial charge is 0.328 e. The van der Waals surface area contributed by atoms with E-state index in [1.807, 2.05) is 12.1 Å². The summed E-state index contributed by atoms with van der Waals surface area (Å²) in [4.78, 5) is 25.6. The van der Waals surface area contributed by atoms with Crippen LogP contribution in [0.25, 0.3) is 6.08 Å². The third kappa shape index (κ3) is 4.08. The van der Waals surface area contributed by atoms with Gasteiger partial charge in [-0.2, -0.15) is 0 Å². The largest absolute Gasteiger partial charge is 0.464 e. The molecule has 1 aliphatic heterocycles. The molecule has 112 valence electrons. The highest BCUT2D eigenvalue weighted by molar-refractivity contribution is 6.30. The molecular formula is C16H18ClNO3. The first-order valence-electron chi connectivity index (χ1n) is 7.02. The monoisotopic (exact) mass is 307 g/mol. The minimum atomic E-state index is -0.452. The van der Waals surface area contributed by atoms with Crippen molar-refractivity contribution in [2.75, 3.05) is 13.2 Å². The van der Waals surface area contributed by atoms with E-state index in [2.05, 4.69) is 0 Å². The predicted octanol–water partition coefficient (Wildman–Crippen LogP) is 2.91. The number of likely N-dealkylation sites (tertiary alicyclic amines) is 1. The average molecular weight is 308 g/mol. The number of rotatable bonds is 4. The predicted molar refractivity (Wildman–Crippen MR) is 81.9 cm³/mol. The van der Waals surface area contributed by atoms with E-state index in [1.54, 1.807) is 30.0 Å². The van der Waals surface area contributed by atoms with Gasteiger partial charge in [0.05, 0.1) is 6.61 Å². The summed E-state index contributed by atoms with van der Waals surface area (Å²) in [6, 6.07) is 6.75. The number of esters is 1. The Labute approximate surface area is 129 Å². The summed E-state index contributed by atoms with van der Waals surface area (Å²) in [5.41, 5.74) is 0.889. The molecule has 5 heteroatoms. The van der Waals surface area contributed by atoms with E-state index in [0.717, 1.165) is 12.0 Å². The molecule has 0 aliphatic carbocycles. The van der Waals surface area contributed by atoms with Gasteiger partial charge in [0.1, 0.15) is 6.04 Å². The minimum Gasteiger partial charge on any atom is -0.464 e. The number of hydrogen-bond donors (Lipinski definition) is 0. The van der Waals surface area contributed by atoms with Gasteiger partial charge < -0.3 is 9.64 Å². The molecule has 1 atom stereocenters. The second-order valence-electron chi connectivity index (χ2n) is 4.83. The van der Waals surface area contributed by atoms with Gasteiger partial charge >= 0.3 is 5.97 Å². The lowest BCUT2D eigenvalue weighted by molar-refractivity contribution is -0.151. The molecule has 1 unspecified atom stereocenters. The van der Waals surface area contributed by atoms with Crippen molar-refractivity contribution in [3.63, 3.8) is 0 Å². The summed E-state index contributed by atoms with van der Waals surface area (Å²) in [6.07, 6.45) is 4.70. The second-order valence-corrected chi connectivity index (χ2v) is 5.26. The first-order chi connectivity index (χ1) is 10.1. The molecule has 1 amide bonds. The molecular weight excluding hydrogens is 290 g/mol. The lowest BCUT2D eigenvalue weighted by Gasteiger charge is -2.21. The maximum Gasteiger partial charge on any atom is 0.328 e. The third-order valence-electron chi connectivity index (χ3n) is 3.38. The topological polar surface area (TPSA) is 46.6 Å². The van der Waals surface area contributed by atoms with Crippen molar-refractivity contribution in [2.45, 2.75) is 25.8 Å². The third-order valence-corrected chi connectivity index (χ3v) is 3.63. The van der Waals surface area contributed by atoms with Crippen molar-refractivity contribution in [2.24, 2.45) is 0 Å². The van der Waals surface area contributed by atoms with E-state index >= 15 is 0 Å². The van der Waals surface area contributed by atoms with Gasteiger partial charge in [-0.1, -0.05) is 23.7 Å². The van der Waals surface area contributed by atoms with E-state index in [0.29, 0.717) is 24.6 Å². The minimum absolute atomic E-state index is 0.166. The van der Waals surface area contributed by atoms with Crippen molar-refractivity contribution in [1.29, 1.82) is 0 Å². The van der Waals surface area contributed by atoms with Crippen LogP contribution < -0.4 is 0 Å². The van der Waals surface area contributed by atoms with Gasteiger partial charge in [0.25, 0.3) is 0 Å². The Hall–Kier alpha value is -1.81. The first-order valence-corrected chi connectivity index (χ1v) is 7.40. The number of nitrogens with zero attached hydrogens (tertiary/aromatic N) is 1. The van der Waals surface area contributed by atoms with Gasteiger partial charge in [-0.15, -0.1) is 0 Å². The fraction of sp³-hybridized carbons (Fsp3) is 0.375. The molecule has 1 aromatic rings. The molecule has 1 heterocycles. The molecule has 0 bridgehead atoms. The van der Waals surface area contributed by atoms with Crippen LogP contribution >= 0.6 is 11.6 Å². The summed E-state index contributed by atoms with van der Waals surface area (Å²) in [5, 5.41) is 0.653. The quantitative estimate of drug-likeness (QED) is 0.635. The van der Waals surface area contributed by atoms with Crippen LogP contribution in [-0.2, 0) is 14.3 Å². The lowest BCUT2D eigenvalue weighted by atomic mass is 10.2. The summed E-state index contributed by atoms with van der Waals surface area (Å²) in [7, 11) is 0. The van der Waals surface area contributed by atoms with Crippen molar-refractivity contribution in [3.05, 3.63) is 40.9 Å². The van der Waals surface area contributed by atoms with Crippen LogP contribution in [0.4, 0.5) is 0 Å². The lowest BCUT2D eigenvalue weighted by Crippen LogP contribution is -2.40. The van der Waals surface area contributed by atoms with Gasteiger partial charge in [0.15, 0.2) is 0 Å². The Bertz CT molecular complexity index is 539.